The smallest absolute Gasteiger partial charge is 0.0119 e. The van der Waals surface area contributed by atoms with Crippen LogP contribution in [-0.2, 0) is 0 Å². The molecule has 0 heterocycles. The van der Waals surface area contributed by atoms with Gasteiger partial charge in [0, 0.05) is 7.12 Å². The van der Waals surface area contributed by atoms with Crippen LogP contribution in [0.3, 0.4) is 0 Å². The molecule has 0 saturated heterocycles. The van der Waals surface area contributed by atoms with Crippen LogP contribution < -0.4 is 10.6 Å². The Morgan fingerprint density at radius 3 is 1.62 bits per heavy atom. The van der Waals surface area contributed by atoms with Gasteiger partial charge in [0.25, 0.3) is 0 Å². The Morgan fingerprint density at radius 2 is 1.25 bits per heavy atom. The van der Waals surface area contributed by atoms with Crippen LogP contribution in [0.15, 0.2) is 48.5 Å². The Hall–Kier alpha value is -0.780. The van der Waals surface area contributed by atoms with Gasteiger partial charge in [-0.2, -0.15) is 0 Å². The molecule has 2 heteroatoms. The van der Waals surface area contributed by atoms with Gasteiger partial charge in [0.15, 0.2) is 0 Å². The van der Waals surface area contributed by atoms with Gasteiger partial charge >= 0.3 is 0 Å². The lowest BCUT2D eigenvalue weighted by Gasteiger charge is -2.12. The monoisotopic (exact) mass is 246 g/mol. The predicted molar refractivity (Wildman–Crippen MR) is 77.5 cm³/mol. The van der Waals surface area contributed by atoms with Crippen molar-refractivity contribution in [3.05, 3.63) is 59.7 Å². The average molecular weight is 246 g/mol. The quantitative estimate of drug-likeness (QED) is 0.607. The molecule has 0 N–H and O–H groups in total. The molecule has 82 valence electrons. The van der Waals surface area contributed by atoms with Gasteiger partial charge in [-0.3, -0.25) is 0 Å². The van der Waals surface area contributed by atoms with Crippen molar-refractivity contribution in [3.8, 4) is 0 Å². The first kappa shape index (κ1) is 11.7. The molecule has 0 aliphatic carbocycles. The second-order valence-electron chi connectivity index (χ2n) is 3.99. The summed E-state index contributed by atoms with van der Waals surface area (Å²) in [5, 5.41) is 2.65. The summed E-state index contributed by atoms with van der Waals surface area (Å²) in [5.74, 6) is 0. The van der Waals surface area contributed by atoms with Gasteiger partial charge in [-0.05, 0) is 24.5 Å². The van der Waals surface area contributed by atoms with E-state index in [1.807, 2.05) is 0 Å². The molecule has 2 aromatic rings. The van der Waals surface area contributed by atoms with E-state index in [9.17, 15) is 0 Å². The van der Waals surface area contributed by atoms with Crippen molar-refractivity contribution in [1.82, 2.24) is 0 Å². The minimum Gasteiger partial charge on any atom is -0.142 e. The molecule has 0 bridgehead atoms. The molecule has 0 spiro atoms. The standard InChI is InChI=1S/C14H15PS/c1-11-5-3-7-13(9-11)15(16)14-8-4-6-12(2)10-14/h3-10,16H,1-2H3. The van der Waals surface area contributed by atoms with Crippen molar-refractivity contribution in [2.24, 2.45) is 0 Å². The van der Waals surface area contributed by atoms with Crippen LogP contribution in [0.4, 0.5) is 0 Å². The molecule has 16 heavy (non-hydrogen) atoms. The van der Waals surface area contributed by atoms with E-state index in [-0.39, 0.29) is 0 Å². The summed E-state index contributed by atoms with van der Waals surface area (Å²) in [5.41, 5.74) is 2.60. The maximum absolute atomic E-state index is 4.77. The van der Waals surface area contributed by atoms with Crippen LogP contribution in [0.1, 0.15) is 11.1 Å². The van der Waals surface area contributed by atoms with Crippen LogP contribution >= 0.6 is 19.4 Å². The van der Waals surface area contributed by atoms with E-state index in [0.717, 1.165) is 0 Å². The van der Waals surface area contributed by atoms with Crippen molar-refractivity contribution in [2.45, 2.75) is 13.8 Å². The number of thiol groups is 1. The fourth-order valence-corrected chi connectivity index (χ4v) is 3.82. The first-order valence-corrected chi connectivity index (χ1v) is 7.78. The summed E-state index contributed by atoms with van der Waals surface area (Å²) in [6, 6.07) is 17.2. The van der Waals surface area contributed by atoms with E-state index < -0.39 is 7.12 Å². The highest BCUT2D eigenvalue weighted by molar-refractivity contribution is 8.50. The van der Waals surface area contributed by atoms with E-state index in [1.165, 1.54) is 21.7 Å². The van der Waals surface area contributed by atoms with Gasteiger partial charge < -0.3 is 0 Å². The van der Waals surface area contributed by atoms with Gasteiger partial charge in [-0.15, -0.1) is 12.2 Å². The van der Waals surface area contributed by atoms with Crippen molar-refractivity contribution >= 4 is 30.0 Å². The van der Waals surface area contributed by atoms with Gasteiger partial charge in [-0.25, -0.2) is 0 Å². The summed E-state index contributed by atoms with van der Waals surface area (Å²) in [6.45, 7) is 4.24. The molecule has 0 aliphatic rings. The molecular weight excluding hydrogens is 231 g/mol. The Kier molecular flexibility index (Phi) is 3.68. The third-order valence-corrected chi connectivity index (χ3v) is 5.41. The van der Waals surface area contributed by atoms with Crippen LogP contribution in [0.2, 0.25) is 0 Å². The lowest BCUT2D eigenvalue weighted by Crippen LogP contribution is -2.08. The van der Waals surface area contributed by atoms with Crippen molar-refractivity contribution < 1.29 is 0 Å². The molecule has 0 saturated carbocycles. The molecule has 2 rings (SSSR count). The molecular formula is C14H15PS. The van der Waals surface area contributed by atoms with Crippen LogP contribution in [0, 0.1) is 13.8 Å². The number of rotatable bonds is 2. The second-order valence-corrected chi connectivity index (χ2v) is 6.85. The normalized spacial score (nSPS) is 10.8. The summed E-state index contributed by atoms with van der Waals surface area (Å²) in [6.07, 6.45) is 0. The van der Waals surface area contributed by atoms with Gasteiger partial charge in [0.1, 0.15) is 0 Å². The minimum atomic E-state index is -0.509. The molecule has 2 aromatic carbocycles. The molecule has 0 fully saturated rings. The third kappa shape index (κ3) is 2.66. The van der Waals surface area contributed by atoms with Crippen molar-refractivity contribution in [1.29, 1.82) is 0 Å². The predicted octanol–water partition coefficient (Wildman–Crippen LogP) is 3.58. The highest BCUT2D eigenvalue weighted by atomic mass is 32.7. The first-order chi connectivity index (χ1) is 7.66. The van der Waals surface area contributed by atoms with Crippen molar-refractivity contribution in [2.75, 3.05) is 0 Å². The van der Waals surface area contributed by atoms with E-state index in [0.29, 0.717) is 0 Å². The lowest BCUT2D eigenvalue weighted by molar-refractivity contribution is 1.49. The van der Waals surface area contributed by atoms with Crippen molar-refractivity contribution in [3.63, 3.8) is 0 Å². The summed E-state index contributed by atoms with van der Waals surface area (Å²) in [7, 11) is -0.509. The zero-order valence-electron chi connectivity index (χ0n) is 9.51. The van der Waals surface area contributed by atoms with E-state index in [1.54, 1.807) is 0 Å². The SMILES string of the molecule is Cc1cccc(P(S)c2cccc(C)c2)c1. The molecule has 0 unspecified atom stereocenters. The van der Waals surface area contributed by atoms with Crippen LogP contribution in [-0.4, -0.2) is 0 Å². The van der Waals surface area contributed by atoms with E-state index in [2.05, 4.69) is 62.4 Å². The molecule has 0 nitrogen and oxygen atoms in total. The van der Waals surface area contributed by atoms with E-state index in [4.69, 9.17) is 12.2 Å². The molecule has 0 aliphatic heterocycles. The first-order valence-electron chi connectivity index (χ1n) is 5.29. The zero-order valence-corrected chi connectivity index (χ0v) is 11.3. The van der Waals surface area contributed by atoms with E-state index >= 15 is 0 Å². The zero-order chi connectivity index (χ0) is 11.5. The number of hydrogen-bond donors (Lipinski definition) is 1. The second kappa shape index (κ2) is 5.03. The highest BCUT2D eigenvalue weighted by Gasteiger charge is 2.08. The summed E-state index contributed by atoms with van der Waals surface area (Å²) < 4.78 is 0. The minimum absolute atomic E-state index is 0.509. The van der Waals surface area contributed by atoms with Gasteiger partial charge in [0.2, 0.25) is 0 Å². The molecule has 0 aromatic heterocycles. The highest BCUT2D eigenvalue weighted by Crippen LogP contribution is 2.38. The number of hydrogen-bond acceptors (Lipinski definition) is 1. The third-order valence-electron chi connectivity index (χ3n) is 2.49. The Bertz CT molecular complexity index is 448. The average Bonchev–Trinajstić information content (AvgIpc) is 2.28. The van der Waals surface area contributed by atoms with Crippen LogP contribution in [0.5, 0.6) is 0 Å². The Labute approximate surface area is 104 Å². The van der Waals surface area contributed by atoms with Gasteiger partial charge in [-0.1, -0.05) is 59.7 Å². The largest absolute Gasteiger partial charge is 0.142 e. The Morgan fingerprint density at radius 1 is 0.812 bits per heavy atom. The maximum Gasteiger partial charge on any atom is 0.0119 e. The van der Waals surface area contributed by atoms with Gasteiger partial charge in [0.05, 0.1) is 0 Å². The summed E-state index contributed by atoms with van der Waals surface area (Å²) in [4.78, 5) is 0. The fourth-order valence-electron chi connectivity index (χ4n) is 1.67. The lowest BCUT2D eigenvalue weighted by atomic mass is 10.2. The number of aryl methyl sites for hydroxylation is 2. The number of benzene rings is 2. The van der Waals surface area contributed by atoms with Crippen LogP contribution in [0.25, 0.3) is 0 Å². The summed E-state index contributed by atoms with van der Waals surface area (Å²) >= 11 is 4.77. The fraction of sp³-hybridized carbons (Fsp3) is 0.143. The molecule has 0 atom stereocenters. The molecule has 0 radical (unpaired) electrons. The Balaban J connectivity index is 2.35. The molecule has 0 amide bonds. The maximum atomic E-state index is 4.77. The topological polar surface area (TPSA) is 0 Å².